The van der Waals surface area contributed by atoms with Gasteiger partial charge in [-0.05, 0) is 59.7 Å². The molecule has 0 atom stereocenters. The standard InChI is InChI=1S/C24H20BrN3O4/c1-32-22-14-17(10-11-21(22)29)15-26-28-24(31)20(13-16-6-5-9-19(25)12-16)27-23(30)18-7-3-2-4-8-18/h2-15,29H,1H3,(H,27,30)(H,28,31)/b20-13+,26-15?. The van der Waals surface area contributed by atoms with Gasteiger partial charge in [-0.25, -0.2) is 5.43 Å². The highest BCUT2D eigenvalue weighted by Crippen LogP contribution is 2.25. The highest BCUT2D eigenvalue weighted by atomic mass is 79.9. The molecule has 0 aromatic heterocycles. The summed E-state index contributed by atoms with van der Waals surface area (Å²) in [6.45, 7) is 0. The Morgan fingerprint density at radius 3 is 2.50 bits per heavy atom. The number of rotatable bonds is 7. The normalized spacial score (nSPS) is 11.2. The van der Waals surface area contributed by atoms with Gasteiger partial charge in [-0.15, -0.1) is 0 Å². The molecule has 162 valence electrons. The third-order valence-electron chi connectivity index (χ3n) is 4.27. The molecule has 3 aromatic rings. The Labute approximate surface area is 193 Å². The maximum atomic E-state index is 12.8. The molecule has 0 aliphatic heterocycles. The summed E-state index contributed by atoms with van der Waals surface area (Å²) in [6, 6.07) is 20.5. The summed E-state index contributed by atoms with van der Waals surface area (Å²) >= 11 is 3.39. The van der Waals surface area contributed by atoms with Crippen molar-refractivity contribution in [3.8, 4) is 11.5 Å². The van der Waals surface area contributed by atoms with Crippen molar-refractivity contribution in [2.75, 3.05) is 7.11 Å². The van der Waals surface area contributed by atoms with Gasteiger partial charge in [0.2, 0.25) is 0 Å². The van der Waals surface area contributed by atoms with Crippen LogP contribution in [0.5, 0.6) is 11.5 Å². The van der Waals surface area contributed by atoms with E-state index in [9.17, 15) is 14.7 Å². The molecule has 3 rings (SSSR count). The number of amides is 2. The first-order chi connectivity index (χ1) is 15.5. The number of nitrogens with one attached hydrogen (secondary N) is 2. The molecule has 0 heterocycles. The molecule has 0 spiro atoms. The molecule has 2 amide bonds. The lowest BCUT2D eigenvalue weighted by molar-refractivity contribution is -0.117. The Hall–Kier alpha value is -3.91. The maximum absolute atomic E-state index is 12.8. The van der Waals surface area contributed by atoms with Gasteiger partial charge >= 0.3 is 0 Å². The Balaban J connectivity index is 1.80. The Kier molecular flexibility index (Phi) is 7.77. The molecule has 0 radical (unpaired) electrons. The van der Waals surface area contributed by atoms with Gasteiger partial charge in [0, 0.05) is 10.0 Å². The largest absolute Gasteiger partial charge is 0.504 e. The van der Waals surface area contributed by atoms with Crippen molar-refractivity contribution in [2.45, 2.75) is 0 Å². The van der Waals surface area contributed by atoms with Crippen molar-refractivity contribution >= 4 is 40.0 Å². The van der Waals surface area contributed by atoms with E-state index < -0.39 is 11.8 Å². The van der Waals surface area contributed by atoms with Crippen molar-refractivity contribution in [3.63, 3.8) is 0 Å². The monoisotopic (exact) mass is 493 g/mol. The lowest BCUT2D eigenvalue weighted by atomic mass is 10.1. The van der Waals surface area contributed by atoms with Crippen molar-refractivity contribution in [1.82, 2.24) is 10.7 Å². The molecule has 7 nitrogen and oxygen atoms in total. The number of halogens is 1. The number of methoxy groups -OCH3 is 1. The van der Waals surface area contributed by atoms with Crippen LogP contribution in [0.3, 0.4) is 0 Å². The molecular formula is C24H20BrN3O4. The quantitative estimate of drug-likeness (QED) is 0.262. The van der Waals surface area contributed by atoms with E-state index in [1.54, 1.807) is 54.6 Å². The van der Waals surface area contributed by atoms with Crippen molar-refractivity contribution in [2.24, 2.45) is 5.10 Å². The van der Waals surface area contributed by atoms with Crippen molar-refractivity contribution < 1.29 is 19.4 Å². The van der Waals surface area contributed by atoms with E-state index >= 15 is 0 Å². The molecule has 0 unspecified atom stereocenters. The SMILES string of the molecule is COc1cc(C=NNC(=O)/C(=C\c2cccc(Br)c2)NC(=O)c2ccccc2)ccc1O. The first kappa shape index (κ1) is 22.8. The van der Waals surface area contributed by atoms with E-state index in [4.69, 9.17) is 4.74 Å². The Bertz CT molecular complexity index is 1180. The van der Waals surface area contributed by atoms with Crippen LogP contribution in [0, 0.1) is 0 Å². The number of phenols is 1. The molecule has 0 bridgehead atoms. The third-order valence-corrected chi connectivity index (χ3v) is 4.77. The number of hydrogen-bond acceptors (Lipinski definition) is 5. The van der Waals surface area contributed by atoms with E-state index in [1.165, 1.54) is 19.4 Å². The van der Waals surface area contributed by atoms with Crippen LogP contribution in [0.1, 0.15) is 21.5 Å². The molecule has 3 N–H and O–H groups in total. The number of ether oxygens (including phenoxy) is 1. The number of carbonyl (C=O) groups is 2. The summed E-state index contributed by atoms with van der Waals surface area (Å²) in [5, 5.41) is 16.3. The van der Waals surface area contributed by atoms with Crippen LogP contribution >= 0.6 is 15.9 Å². The molecule has 0 aliphatic carbocycles. The average molecular weight is 494 g/mol. The summed E-state index contributed by atoms with van der Waals surface area (Å²) in [7, 11) is 1.44. The second-order valence-electron chi connectivity index (χ2n) is 6.56. The first-order valence-corrected chi connectivity index (χ1v) is 10.3. The predicted octanol–water partition coefficient (Wildman–Crippen LogP) is 4.08. The van der Waals surface area contributed by atoms with Gasteiger partial charge in [0.1, 0.15) is 5.70 Å². The lowest BCUT2D eigenvalue weighted by Crippen LogP contribution is -2.32. The van der Waals surface area contributed by atoms with Crippen LogP contribution in [0.15, 0.2) is 88.1 Å². The lowest BCUT2D eigenvalue weighted by Gasteiger charge is -2.09. The maximum Gasteiger partial charge on any atom is 0.287 e. The van der Waals surface area contributed by atoms with Gasteiger partial charge in [-0.1, -0.05) is 46.3 Å². The highest BCUT2D eigenvalue weighted by Gasteiger charge is 2.14. The topological polar surface area (TPSA) is 100 Å². The van der Waals surface area contributed by atoms with E-state index in [1.807, 2.05) is 18.2 Å². The Morgan fingerprint density at radius 1 is 1.00 bits per heavy atom. The smallest absolute Gasteiger partial charge is 0.287 e. The molecule has 8 heteroatoms. The van der Waals surface area contributed by atoms with Gasteiger partial charge in [0.25, 0.3) is 11.8 Å². The fourth-order valence-corrected chi connectivity index (χ4v) is 3.12. The number of carbonyl (C=O) groups excluding carboxylic acids is 2. The summed E-state index contributed by atoms with van der Waals surface area (Å²) < 4.78 is 5.89. The van der Waals surface area contributed by atoms with Gasteiger partial charge in [-0.2, -0.15) is 5.10 Å². The molecule has 0 saturated heterocycles. The van der Waals surface area contributed by atoms with Gasteiger partial charge in [-0.3, -0.25) is 9.59 Å². The van der Waals surface area contributed by atoms with Crippen LogP contribution in [-0.4, -0.2) is 30.2 Å². The molecule has 3 aromatic carbocycles. The van der Waals surface area contributed by atoms with Gasteiger partial charge in [0.05, 0.1) is 13.3 Å². The number of aromatic hydroxyl groups is 1. The molecule has 0 fully saturated rings. The second kappa shape index (κ2) is 10.9. The number of hydrazone groups is 1. The van der Waals surface area contributed by atoms with Gasteiger partial charge < -0.3 is 15.2 Å². The first-order valence-electron chi connectivity index (χ1n) is 9.50. The molecule has 0 aliphatic rings. The number of benzene rings is 3. The van der Waals surface area contributed by atoms with Gasteiger partial charge in [0.15, 0.2) is 11.5 Å². The van der Waals surface area contributed by atoms with Crippen LogP contribution in [0.4, 0.5) is 0 Å². The zero-order valence-electron chi connectivity index (χ0n) is 17.1. The minimum absolute atomic E-state index is 0.00319. The van der Waals surface area contributed by atoms with Crippen LogP contribution in [0.25, 0.3) is 6.08 Å². The fourth-order valence-electron chi connectivity index (χ4n) is 2.71. The average Bonchev–Trinajstić information content (AvgIpc) is 2.80. The summed E-state index contributed by atoms with van der Waals surface area (Å²) in [6.07, 6.45) is 2.95. The summed E-state index contributed by atoms with van der Waals surface area (Å²) in [5.74, 6) is -0.743. The van der Waals surface area contributed by atoms with Crippen LogP contribution in [-0.2, 0) is 4.79 Å². The number of nitrogens with zero attached hydrogens (tertiary/aromatic N) is 1. The van der Waals surface area contributed by atoms with E-state index in [0.29, 0.717) is 16.7 Å². The fraction of sp³-hybridized carbons (Fsp3) is 0.0417. The van der Waals surface area contributed by atoms with Crippen molar-refractivity contribution in [1.29, 1.82) is 0 Å². The van der Waals surface area contributed by atoms with Crippen LogP contribution < -0.4 is 15.5 Å². The Morgan fingerprint density at radius 2 is 1.78 bits per heavy atom. The number of hydrogen-bond donors (Lipinski definition) is 3. The van der Waals surface area contributed by atoms with Crippen molar-refractivity contribution in [3.05, 3.63) is 99.7 Å². The van der Waals surface area contributed by atoms with Crippen LogP contribution in [0.2, 0.25) is 0 Å². The zero-order chi connectivity index (χ0) is 22.9. The molecular weight excluding hydrogens is 474 g/mol. The zero-order valence-corrected chi connectivity index (χ0v) is 18.7. The predicted molar refractivity (Wildman–Crippen MR) is 126 cm³/mol. The molecule has 0 saturated carbocycles. The van der Waals surface area contributed by atoms with E-state index in [-0.39, 0.29) is 17.2 Å². The van der Waals surface area contributed by atoms with E-state index in [0.717, 1.165) is 4.47 Å². The molecule has 32 heavy (non-hydrogen) atoms. The third kappa shape index (κ3) is 6.29. The minimum atomic E-state index is -0.601. The number of phenolic OH excluding ortho intramolecular Hbond substituents is 1. The van der Waals surface area contributed by atoms with E-state index in [2.05, 4.69) is 31.8 Å². The second-order valence-corrected chi connectivity index (χ2v) is 7.48. The highest BCUT2D eigenvalue weighted by molar-refractivity contribution is 9.10. The minimum Gasteiger partial charge on any atom is -0.504 e. The summed E-state index contributed by atoms with van der Waals surface area (Å²) in [4.78, 5) is 25.4. The summed E-state index contributed by atoms with van der Waals surface area (Å²) in [5.41, 5.74) is 4.17.